The number of methoxy groups -OCH3 is 1. The fourth-order valence-electron chi connectivity index (χ4n) is 1.35. The van der Waals surface area contributed by atoms with Crippen molar-refractivity contribution in [2.24, 2.45) is 0 Å². The van der Waals surface area contributed by atoms with Crippen LogP contribution in [0.4, 0.5) is 0 Å². The number of aryl methyl sites for hydroxylation is 1. The Morgan fingerprint density at radius 2 is 2.18 bits per heavy atom. The number of ether oxygens (including phenoxy) is 1. The summed E-state index contributed by atoms with van der Waals surface area (Å²) in [6.45, 7) is 1.37. The second kappa shape index (κ2) is 6.00. The van der Waals surface area contributed by atoms with Crippen molar-refractivity contribution >= 4 is 11.9 Å². The van der Waals surface area contributed by atoms with Crippen molar-refractivity contribution in [3.05, 3.63) is 35.4 Å². The predicted molar refractivity (Wildman–Crippen MR) is 61.5 cm³/mol. The van der Waals surface area contributed by atoms with Crippen LogP contribution in [-0.4, -0.2) is 36.7 Å². The normalized spacial score (nSPS) is 11.7. The number of hydrogen-bond acceptors (Lipinski definition) is 4. The maximum Gasteiger partial charge on any atom is 0.330 e. The molecule has 0 aliphatic heterocycles. The Morgan fingerprint density at radius 3 is 2.71 bits per heavy atom. The summed E-state index contributed by atoms with van der Waals surface area (Å²) in [6.07, 6.45) is 0. The molecule has 0 aliphatic rings. The van der Waals surface area contributed by atoms with Crippen LogP contribution in [0, 0.1) is 6.92 Å². The smallest absolute Gasteiger partial charge is 0.330 e. The standard InChI is InChI=1S/C12H15NO4/c1-8-4-3-5-9(6-8)11(15)13-10(7-14)12(16)17-2/h3-6,10,14H,7H2,1-2H3,(H,13,15). The first kappa shape index (κ1) is 13.2. The molecule has 2 N–H and O–H groups in total. The summed E-state index contributed by atoms with van der Waals surface area (Å²) in [6, 6.07) is 5.90. The van der Waals surface area contributed by atoms with Crippen LogP contribution < -0.4 is 5.32 Å². The monoisotopic (exact) mass is 237 g/mol. The van der Waals surface area contributed by atoms with Crippen molar-refractivity contribution in [3.8, 4) is 0 Å². The Hall–Kier alpha value is -1.88. The fraction of sp³-hybridized carbons (Fsp3) is 0.333. The zero-order valence-electron chi connectivity index (χ0n) is 9.77. The Labute approximate surface area is 99.4 Å². The van der Waals surface area contributed by atoms with E-state index in [2.05, 4.69) is 10.1 Å². The average Bonchev–Trinajstić information content (AvgIpc) is 2.34. The summed E-state index contributed by atoms with van der Waals surface area (Å²) in [5.74, 6) is -1.09. The van der Waals surface area contributed by atoms with Crippen molar-refractivity contribution in [2.45, 2.75) is 13.0 Å². The quantitative estimate of drug-likeness (QED) is 0.736. The number of nitrogens with one attached hydrogen (secondary N) is 1. The lowest BCUT2D eigenvalue weighted by Crippen LogP contribution is -2.44. The Balaban J connectivity index is 2.74. The molecule has 5 heteroatoms. The van der Waals surface area contributed by atoms with Crippen LogP contribution in [0.3, 0.4) is 0 Å². The average molecular weight is 237 g/mol. The summed E-state index contributed by atoms with van der Waals surface area (Å²) in [5.41, 5.74) is 1.38. The fourth-order valence-corrected chi connectivity index (χ4v) is 1.35. The van der Waals surface area contributed by atoms with Crippen molar-refractivity contribution in [2.75, 3.05) is 13.7 Å². The molecule has 0 aliphatic carbocycles. The van der Waals surface area contributed by atoms with Gasteiger partial charge in [0.1, 0.15) is 0 Å². The van der Waals surface area contributed by atoms with Gasteiger partial charge in [-0.25, -0.2) is 4.79 Å². The number of amides is 1. The van der Waals surface area contributed by atoms with Crippen molar-refractivity contribution in [1.29, 1.82) is 0 Å². The molecule has 1 aromatic rings. The zero-order chi connectivity index (χ0) is 12.8. The molecule has 0 heterocycles. The van der Waals surface area contributed by atoms with Crippen LogP contribution in [0.15, 0.2) is 24.3 Å². The van der Waals surface area contributed by atoms with Gasteiger partial charge in [0, 0.05) is 5.56 Å². The topological polar surface area (TPSA) is 75.6 Å². The van der Waals surface area contributed by atoms with Crippen LogP contribution in [0.1, 0.15) is 15.9 Å². The van der Waals surface area contributed by atoms with E-state index in [1.165, 1.54) is 7.11 Å². The first-order chi connectivity index (χ1) is 8.08. The molecule has 1 amide bonds. The number of esters is 1. The first-order valence-corrected chi connectivity index (χ1v) is 5.14. The van der Waals surface area contributed by atoms with Gasteiger partial charge in [-0.1, -0.05) is 17.7 Å². The van der Waals surface area contributed by atoms with Gasteiger partial charge >= 0.3 is 5.97 Å². The van der Waals surface area contributed by atoms with Gasteiger partial charge in [-0.3, -0.25) is 4.79 Å². The molecule has 0 fully saturated rings. The third-order valence-corrected chi connectivity index (χ3v) is 2.25. The van der Waals surface area contributed by atoms with E-state index in [-0.39, 0.29) is 0 Å². The number of carbonyl (C=O) groups is 2. The van der Waals surface area contributed by atoms with Crippen LogP contribution in [0.5, 0.6) is 0 Å². The molecule has 17 heavy (non-hydrogen) atoms. The van der Waals surface area contributed by atoms with Crippen LogP contribution >= 0.6 is 0 Å². The van der Waals surface area contributed by atoms with E-state index < -0.39 is 24.5 Å². The van der Waals surface area contributed by atoms with E-state index in [0.717, 1.165) is 5.56 Å². The minimum atomic E-state index is -1.03. The van der Waals surface area contributed by atoms with Crippen LogP contribution in [0.25, 0.3) is 0 Å². The second-order valence-electron chi connectivity index (χ2n) is 3.60. The van der Waals surface area contributed by atoms with Gasteiger partial charge in [0.2, 0.25) is 0 Å². The second-order valence-corrected chi connectivity index (χ2v) is 3.60. The highest BCUT2D eigenvalue weighted by molar-refractivity contribution is 5.96. The number of benzene rings is 1. The maximum atomic E-state index is 11.8. The summed E-state index contributed by atoms with van der Waals surface area (Å²) in [5, 5.41) is 11.4. The van der Waals surface area contributed by atoms with E-state index in [1.807, 2.05) is 13.0 Å². The summed E-state index contributed by atoms with van der Waals surface area (Å²) in [7, 11) is 1.20. The lowest BCUT2D eigenvalue weighted by molar-refractivity contribution is -0.143. The summed E-state index contributed by atoms with van der Waals surface area (Å²) >= 11 is 0. The minimum absolute atomic E-state index is 0.418. The number of hydrogen-bond donors (Lipinski definition) is 2. The highest BCUT2D eigenvalue weighted by Crippen LogP contribution is 2.04. The van der Waals surface area contributed by atoms with Crippen LogP contribution in [-0.2, 0) is 9.53 Å². The molecule has 0 aromatic heterocycles. The van der Waals surface area contributed by atoms with Gasteiger partial charge in [-0.05, 0) is 19.1 Å². The molecule has 0 spiro atoms. The lowest BCUT2D eigenvalue weighted by Gasteiger charge is -2.13. The highest BCUT2D eigenvalue weighted by Gasteiger charge is 2.20. The molecule has 1 rings (SSSR count). The van der Waals surface area contributed by atoms with E-state index in [1.54, 1.807) is 18.2 Å². The Morgan fingerprint density at radius 1 is 1.47 bits per heavy atom. The van der Waals surface area contributed by atoms with Gasteiger partial charge < -0.3 is 15.2 Å². The molecule has 1 unspecified atom stereocenters. The largest absolute Gasteiger partial charge is 0.467 e. The van der Waals surface area contributed by atoms with Crippen LogP contribution in [0.2, 0.25) is 0 Å². The Bertz CT molecular complexity index is 417. The third kappa shape index (κ3) is 3.57. The maximum absolute atomic E-state index is 11.8. The first-order valence-electron chi connectivity index (χ1n) is 5.14. The minimum Gasteiger partial charge on any atom is -0.467 e. The molecule has 0 saturated carbocycles. The van der Waals surface area contributed by atoms with Crippen molar-refractivity contribution in [1.82, 2.24) is 5.32 Å². The summed E-state index contributed by atoms with van der Waals surface area (Å²) < 4.78 is 4.45. The lowest BCUT2D eigenvalue weighted by atomic mass is 10.1. The van der Waals surface area contributed by atoms with Gasteiger partial charge in [0.05, 0.1) is 13.7 Å². The number of aliphatic hydroxyl groups excluding tert-OH is 1. The van der Waals surface area contributed by atoms with E-state index in [9.17, 15) is 9.59 Å². The number of rotatable bonds is 4. The van der Waals surface area contributed by atoms with E-state index in [4.69, 9.17) is 5.11 Å². The molecule has 5 nitrogen and oxygen atoms in total. The molecule has 0 bridgehead atoms. The molecule has 0 radical (unpaired) electrons. The Kier molecular flexibility index (Phi) is 4.66. The zero-order valence-corrected chi connectivity index (χ0v) is 9.77. The molecule has 92 valence electrons. The number of carbonyl (C=O) groups excluding carboxylic acids is 2. The molecular formula is C12H15NO4. The predicted octanol–water partition coefficient (Wildman–Crippen LogP) is 0.259. The van der Waals surface area contributed by atoms with Gasteiger partial charge in [0.25, 0.3) is 5.91 Å². The van der Waals surface area contributed by atoms with Crippen molar-refractivity contribution < 1.29 is 19.4 Å². The van der Waals surface area contributed by atoms with Gasteiger partial charge in [-0.2, -0.15) is 0 Å². The van der Waals surface area contributed by atoms with Gasteiger partial charge in [-0.15, -0.1) is 0 Å². The number of aliphatic hydroxyl groups is 1. The van der Waals surface area contributed by atoms with Gasteiger partial charge in [0.15, 0.2) is 6.04 Å². The highest BCUT2D eigenvalue weighted by atomic mass is 16.5. The molecule has 1 atom stereocenters. The molecular weight excluding hydrogens is 222 g/mol. The van der Waals surface area contributed by atoms with Crippen molar-refractivity contribution in [3.63, 3.8) is 0 Å². The molecule has 0 saturated heterocycles. The molecule has 1 aromatic carbocycles. The van der Waals surface area contributed by atoms with E-state index >= 15 is 0 Å². The van der Waals surface area contributed by atoms with E-state index in [0.29, 0.717) is 5.56 Å². The third-order valence-electron chi connectivity index (χ3n) is 2.25. The SMILES string of the molecule is COC(=O)C(CO)NC(=O)c1cccc(C)c1. The summed E-state index contributed by atoms with van der Waals surface area (Å²) in [4.78, 5) is 22.9.